The van der Waals surface area contributed by atoms with Crippen molar-refractivity contribution < 1.29 is 9.90 Å². The van der Waals surface area contributed by atoms with E-state index in [1.165, 1.54) is 0 Å². The number of aryl methyl sites for hydroxylation is 1. The summed E-state index contributed by atoms with van der Waals surface area (Å²) in [4.78, 5) is 12.2. The molecule has 23 heavy (non-hydrogen) atoms. The molecule has 0 saturated carbocycles. The Morgan fingerprint density at radius 3 is 2.30 bits per heavy atom. The lowest BCUT2D eigenvalue weighted by Gasteiger charge is -2.18. The van der Waals surface area contributed by atoms with Crippen molar-refractivity contribution in [3.63, 3.8) is 0 Å². The molecule has 1 unspecified atom stereocenters. The zero-order valence-corrected chi connectivity index (χ0v) is 13.7. The zero-order valence-electron chi connectivity index (χ0n) is 13.7. The van der Waals surface area contributed by atoms with Gasteiger partial charge in [-0.25, -0.2) is 0 Å². The fourth-order valence-electron chi connectivity index (χ4n) is 2.55. The highest BCUT2D eigenvalue weighted by Crippen LogP contribution is 2.18. The van der Waals surface area contributed by atoms with Gasteiger partial charge >= 0.3 is 0 Å². The molecular weight excluding hydrogens is 288 g/mol. The quantitative estimate of drug-likeness (QED) is 0.732. The number of para-hydroxylation sites is 2. The second-order valence-corrected chi connectivity index (χ2v) is 5.62. The molecule has 0 radical (unpaired) electrons. The van der Waals surface area contributed by atoms with Crippen molar-refractivity contribution in [2.45, 2.75) is 39.3 Å². The number of aliphatic hydroxyl groups excluding tert-OH is 1. The second kappa shape index (κ2) is 8.34. The van der Waals surface area contributed by atoms with E-state index in [0.717, 1.165) is 28.9 Å². The van der Waals surface area contributed by atoms with Crippen LogP contribution in [0.25, 0.3) is 0 Å². The molecule has 2 rings (SSSR count). The van der Waals surface area contributed by atoms with Crippen LogP contribution in [-0.2, 0) is 17.8 Å². The van der Waals surface area contributed by atoms with Gasteiger partial charge in [0.2, 0.25) is 5.91 Å². The summed E-state index contributed by atoms with van der Waals surface area (Å²) in [7, 11) is 0. The lowest BCUT2D eigenvalue weighted by molar-refractivity contribution is -0.116. The molecule has 0 spiro atoms. The minimum Gasteiger partial charge on any atom is -0.392 e. The Labute approximate surface area is 137 Å². The number of anilines is 2. The van der Waals surface area contributed by atoms with Gasteiger partial charge in [-0.05, 0) is 31.0 Å². The Bertz CT molecular complexity index is 655. The van der Waals surface area contributed by atoms with Crippen LogP contribution in [-0.4, -0.2) is 17.1 Å². The number of rotatable bonds is 7. The van der Waals surface area contributed by atoms with E-state index in [2.05, 4.69) is 17.6 Å². The van der Waals surface area contributed by atoms with Gasteiger partial charge in [0.15, 0.2) is 0 Å². The number of hydrogen-bond donors (Lipinski definition) is 3. The average Bonchev–Trinajstić information content (AvgIpc) is 2.55. The van der Waals surface area contributed by atoms with Crippen molar-refractivity contribution >= 4 is 17.3 Å². The molecule has 0 saturated heterocycles. The first-order chi connectivity index (χ1) is 11.1. The minimum absolute atomic E-state index is 0.0209. The SMILES string of the molecule is CCc1ccccc1NC(=O)CC(C)Nc1ccccc1CO. The van der Waals surface area contributed by atoms with Gasteiger partial charge in [-0.15, -0.1) is 0 Å². The van der Waals surface area contributed by atoms with Crippen molar-refractivity contribution in [2.24, 2.45) is 0 Å². The molecule has 0 aliphatic heterocycles. The van der Waals surface area contributed by atoms with Gasteiger partial charge in [-0.3, -0.25) is 4.79 Å². The summed E-state index contributed by atoms with van der Waals surface area (Å²) in [6.45, 7) is 4.01. The molecular formula is C19H24N2O2. The highest BCUT2D eigenvalue weighted by molar-refractivity contribution is 5.92. The summed E-state index contributed by atoms with van der Waals surface area (Å²) in [6.07, 6.45) is 1.24. The number of carbonyl (C=O) groups is 1. The van der Waals surface area contributed by atoms with Crippen LogP contribution < -0.4 is 10.6 Å². The maximum absolute atomic E-state index is 12.2. The number of carbonyl (C=O) groups excluding carboxylic acids is 1. The average molecular weight is 312 g/mol. The van der Waals surface area contributed by atoms with Crippen LogP contribution in [0.4, 0.5) is 11.4 Å². The predicted octanol–water partition coefficient (Wildman–Crippen LogP) is 3.57. The van der Waals surface area contributed by atoms with Crippen LogP contribution in [0.3, 0.4) is 0 Å². The number of nitrogens with one attached hydrogen (secondary N) is 2. The third-order valence-corrected chi connectivity index (χ3v) is 3.75. The summed E-state index contributed by atoms with van der Waals surface area (Å²) >= 11 is 0. The summed E-state index contributed by atoms with van der Waals surface area (Å²) in [5.41, 5.74) is 3.70. The van der Waals surface area contributed by atoms with Crippen LogP contribution >= 0.6 is 0 Å². The van der Waals surface area contributed by atoms with Gasteiger partial charge in [0.1, 0.15) is 0 Å². The maximum Gasteiger partial charge on any atom is 0.226 e. The molecule has 0 heterocycles. The van der Waals surface area contributed by atoms with E-state index in [9.17, 15) is 9.90 Å². The molecule has 0 fully saturated rings. The molecule has 122 valence electrons. The van der Waals surface area contributed by atoms with Crippen LogP contribution in [0, 0.1) is 0 Å². The molecule has 2 aromatic carbocycles. The minimum atomic E-state index is -0.0310. The Morgan fingerprint density at radius 2 is 1.65 bits per heavy atom. The fourth-order valence-corrected chi connectivity index (χ4v) is 2.55. The molecule has 2 aromatic rings. The first kappa shape index (κ1) is 17.0. The zero-order chi connectivity index (χ0) is 16.7. The molecule has 1 atom stereocenters. The monoisotopic (exact) mass is 312 g/mol. The topological polar surface area (TPSA) is 61.4 Å². The van der Waals surface area contributed by atoms with Gasteiger partial charge in [-0.1, -0.05) is 43.3 Å². The van der Waals surface area contributed by atoms with Crippen LogP contribution in [0.2, 0.25) is 0 Å². The van der Waals surface area contributed by atoms with E-state index in [4.69, 9.17) is 0 Å². The van der Waals surface area contributed by atoms with Gasteiger partial charge in [-0.2, -0.15) is 0 Å². The van der Waals surface area contributed by atoms with Crippen LogP contribution in [0.5, 0.6) is 0 Å². The van der Waals surface area contributed by atoms with Gasteiger partial charge in [0.05, 0.1) is 6.61 Å². The van der Waals surface area contributed by atoms with Gasteiger partial charge in [0, 0.05) is 29.4 Å². The van der Waals surface area contributed by atoms with E-state index >= 15 is 0 Å². The molecule has 0 aliphatic rings. The predicted molar refractivity (Wildman–Crippen MR) is 94.5 cm³/mol. The van der Waals surface area contributed by atoms with E-state index in [1.807, 2.05) is 55.5 Å². The molecule has 4 heteroatoms. The molecule has 0 aromatic heterocycles. The summed E-state index contributed by atoms with van der Waals surface area (Å²) in [5, 5.41) is 15.6. The summed E-state index contributed by atoms with van der Waals surface area (Å²) in [6, 6.07) is 15.4. The van der Waals surface area contributed by atoms with Crippen molar-refractivity contribution in [3.05, 3.63) is 59.7 Å². The van der Waals surface area contributed by atoms with E-state index < -0.39 is 0 Å². The molecule has 0 bridgehead atoms. The Hall–Kier alpha value is -2.33. The first-order valence-corrected chi connectivity index (χ1v) is 7.97. The lowest BCUT2D eigenvalue weighted by Crippen LogP contribution is -2.24. The number of amides is 1. The Morgan fingerprint density at radius 1 is 1.04 bits per heavy atom. The van der Waals surface area contributed by atoms with Crippen molar-refractivity contribution in [1.82, 2.24) is 0 Å². The van der Waals surface area contributed by atoms with Crippen molar-refractivity contribution in [1.29, 1.82) is 0 Å². The smallest absolute Gasteiger partial charge is 0.226 e. The van der Waals surface area contributed by atoms with E-state index in [1.54, 1.807) is 0 Å². The standard InChI is InChI=1S/C19H24N2O2/c1-3-15-8-4-6-10-17(15)21-19(23)12-14(2)20-18-11-7-5-9-16(18)13-22/h4-11,14,20,22H,3,12-13H2,1-2H3,(H,21,23). The highest BCUT2D eigenvalue weighted by Gasteiger charge is 2.12. The van der Waals surface area contributed by atoms with Crippen molar-refractivity contribution in [2.75, 3.05) is 10.6 Å². The van der Waals surface area contributed by atoms with E-state index in [-0.39, 0.29) is 18.6 Å². The summed E-state index contributed by atoms with van der Waals surface area (Å²) < 4.78 is 0. The normalized spacial score (nSPS) is 11.8. The number of hydrogen-bond acceptors (Lipinski definition) is 3. The Balaban J connectivity index is 1.94. The Kier molecular flexibility index (Phi) is 6.18. The fraction of sp³-hybridized carbons (Fsp3) is 0.316. The highest BCUT2D eigenvalue weighted by atomic mass is 16.3. The second-order valence-electron chi connectivity index (χ2n) is 5.62. The lowest BCUT2D eigenvalue weighted by atomic mass is 10.1. The van der Waals surface area contributed by atoms with Crippen LogP contribution in [0.1, 0.15) is 31.4 Å². The van der Waals surface area contributed by atoms with Gasteiger partial charge in [0.25, 0.3) is 0 Å². The third kappa shape index (κ3) is 4.83. The van der Waals surface area contributed by atoms with Crippen molar-refractivity contribution in [3.8, 4) is 0 Å². The first-order valence-electron chi connectivity index (χ1n) is 7.97. The van der Waals surface area contributed by atoms with Crippen LogP contribution in [0.15, 0.2) is 48.5 Å². The number of aliphatic hydroxyl groups is 1. The van der Waals surface area contributed by atoms with E-state index in [0.29, 0.717) is 6.42 Å². The summed E-state index contributed by atoms with van der Waals surface area (Å²) in [5.74, 6) is -0.0209. The molecule has 1 amide bonds. The molecule has 3 N–H and O–H groups in total. The molecule has 4 nitrogen and oxygen atoms in total. The largest absolute Gasteiger partial charge is 0.392 e. The number of benzene rings is 2. The third-order valence-electron chi connectivity index (χ3n) is 3.75. The maximum atomic E-state index is 12.2. The van der Waals surface area contributed by atoms with Gasteiger partial charge < -0.3 is 15.7 Å². The molecule has 0 aliphatic carbocycles.